The molecule has 0 aromatic heterocycles. The van der Waals surface area contributed by atoms with Crippen molar-refractivity contribution < 1.29 is 19.7 Å². The molecule has 6 heteroatoms. The van der Waals surface area contributed by atoms with E-state index in [2.05, 4.69) is 0 Å². The third-order valence-electron chi connectivity index (χ3n) is 2.77. The number of hydrogen-bond donors (Lipinski definition) is 0. The van der Waals surface area contributed by atoms with Crippen LogP contribution in [0.4, 0.5) is 0 Å². The Bertz CT molecular complexity index is 137. The van der Waals surface area contributed by atoms with Crippen molar-refractivity contribution in [1.29, 1.82) is 0 Å². The van der Waals surface area contributed by atoms with Gasteiger partial charge in [0.25, 0.3) is 5.97 Å². The standard InChI is InChI=1S/C11H26O3Si.Mg.O/c1-12-11(13-2,14-3)9-7-5-4-6-8-10-15;;/h4-10H2,1-3,15H3;;/q;+2;-2. The topological polar surface area (TPSA) is 56.2 Å². The van der Waals surface area contributed by atoms with Gasteiger partial charge in [0, 0.05) is 38.0 Å². The first-order valence-electron chi connectivity index (χ1n) is 5.90. The molecule has 0 aliphatic carbocycles. The number of unbranched alkanes of at least 4 members (excludes halogenated alkanes) is 4. The molecule has 4 nitrogen and oxygen atoms in total. The fraction of sp³-hybridized carbons (Fsp3) is 1.00. The van der Waals surface area contributed by atoms with E-state index in [1.165, 1.54) is 42.0 Å². The fourth-order valence-corrected chi connectivity index (χ4v) is 2.18. The van der Waals surface area contributed by atoms with Gasteiger partial charge in [-0.15, -0.1) is 0 Å². The normalized spacial score (nSPS) is 10.8. The third-order valence-corrected chi connectivity index (χ3v) is 3.48. The van der Waals surface area contributed by atoms with Gasteiger partial charge in [0.15, 0.2) is 0 Å². The molecular formula is C11H26MgO4Si. The zero-order chi connectivity index (χ0) is 11.6. The maximum atomic E-state index is 5.23. The summed E-state index contributed by atoms with van der Waals surface area (Å²) in [6.07, 6.45) is 7.21. The van der Waals surface area contributed by atoms with Gasteiger partial charge in [-0.1, -0.05) is 31.7 Å². The molecule has 0 aliphatic rings. The van der Waals surface area contributed by atoms with E-state index in [-0.39, 0.29) is 28.5 Å². The zero-order valence-corrected chi connectivity index (χ0v) is 15.2. The fourth-order valence-electron chi connectivity index (χ4n) is 1.68. The molecule has 0 aliphatic heterocycles. The van der Waals surface area contributed by atoms with Gasteiger partial charge in [-0.05, 0) is 6.42 Å². The van der Waals surface area contributed by atoms with E-state index < -0.39 is 5.97 Å². The van der Waals surface area contributed by atoms with Crippen LogP contribution in [0.3, 0.4) is 0 Å². The van der Waals surface area contributed by atoms with Gasteiger partial charge in [0.05, 0.1) is 0 Å². The first-order chi connectivity index (χ1) is 7.24. The van der Waals surface area contributed by atoms with Crippen molar-refractivity contribution in [2.75, 3.05) is 21.3 Å². The van der Waals surface area contributed by atoms with Gasteiger partial charge >= 0.3 is 23.1 Å². The zero-order valence-electron chi connectivity index (χ0n) is 11.8. The van der Waals surface area contributed by atoms with Gasteiger partial charge in [-0.25, -0.2) is 0 Å². The van der Waals surface area contributed by atoms with Crippen molar-refractivity contribution in [3.63, 3.8) is 0 Å². The van der Waals surface area contributed by atoms with Crippen molar-refractivity contribution in [2.45, 2.75) is 50.5 Å². The summed E-state index contributed by atoms with van der Waals surface area (Å²) in [4.78, 5) is 0. The molecule has 100 valence electrons. The molecule has 0 saturated heterocycles. The summed E-state index contributed by atoms with van der Waals surface area (Å²) >= 11 is 0. The van der Waals surface area contributed by atoms with Crippen LogP contribution in [0.25, 0.3) is 0 Å². The molecule has 0 heterocycles. The second kappa shape index (κ2) is 14.9. The molecule has 0 bridgehead atoms. The summed E-state index contributed by atoms with van der Waals surface area (Å²) in [5, 5.41) is 0. The number of rotatable bonds is 10. The molecule has 0 aromatic carbocycles. The molecule has 0 N–H and O–H groups in total. The van der Waals surface area contributed by atoms with Crippen LogP contribution in [0.1, 0.15) is 38.5 Å². The van der Waals surface area contributed by atoms with Crippen molar-refractivity contribution in [3.05, 3.63) is 0 Å². The molecule has 0 radical (unpaired) electrons. The first kappa shape index (κ1) is 23.0. The largest absolute Gasteiger partial charge is 2.00 e. The van der Waals surface area contributed by atoms with Crippen LogP contribution in [0, 0.1) is 0 Å². The van der Waals surface area contributed by atoms with E-state index in [4.69, 9.17) is 14.2 Å². The summed E-state index contributed by atoms with van der Waals surface area (Å²) < 4.78 is 15.7. The Morgan fingerprint density at radius 3 is 1.65 bits per heavy atom. The van der Waals surface area contributed by atoms with Crippen LogP contribution in [0.15, 0.2) is 0 Å². The van der Waals surface area contributed by atoms with E-state index in [0.717, 1.165) is 12.8 Å². The van der Waals surface area contributed by atoms with E-state index in [0.29, 0.717) is 0 Å². The summed E-state index contributed by atoms with van der Waals surface area (Å²) in [5.74, 6) is -0.822. The van der Waals surface area contributed by atoms with Crippen LogP contribution in [0.2, 0.25) is 6.04 Å². The molecule has 0 saturated carbocycles. The molecule has 0 atom stereocenters. The maximum Gasteiger partial charge on any atom is 2.00 e. The Balaban J connectivity index is -0.000000980. The van der Waals surface area contributed by atoms with Crippen molar-refractivity contribution in [2.24, 2.45) is 0 Å². The van der Waals surface area contributed by atoms with Gasteiger partial charge < -0.3 is 19.7 Å². The molecule has 0 aromatic rings. The molecule has 0 unspecified atom stereocenters. The van der Waals surface area contributed by atoms with Crippen molar-refractivity contribution in [3.8, 4) is 0 Å². The van der Waals surface area contributed by atoms with Crippen molar-refractivity contribution in [1.82, 2.24) is 0 Å². The first-order valence-corrected chi connectivity index (χ1v) is 7.31. The van der Waals surface area contributed by atoms with Gasteiger partial charge in [-0.2, -0.15) is 0 Å². The van der Waals surface area contributed by atoms with Crippen LogP contribution in [-0.2, 0) is 19.7 Å². The Kier molecular flexibility index (Phi) is 20.1. The molecule has 0 spiro atoms. The van der Waals surface area contributed by atoms with E-state index >= 15 is 0 Å². The second-order valence-corrected chi connectivity index (χ2v) is 4.81. The summed E-state index contributed by atoms with van der Waals surface area (Å²) in [6.45, 7) is 0. The summed E-state index contributed by atoms with van der Waals surface area (Å²) in [6, 6.07) is 1.43. The van der Waals surface area contributed by atoms with Crippen LogP contribution >= 0.6 is 0 Å². The van der Waals surface area contributed by atoms with Crippen molar-refractivity contribution >= 4 is 33.3 Å². The predicted octanol–water partition coefficient (Wildman–Crippen LogP) is 1.20. The Morgan fingerprint density at radius 2 is 1.24 bits per heavy atom. The smallest absolute Gasteiger partial charge is 2.00 e. The molecular weight excluding hydrogens is 249 g/mol. The molecule has 17 heavy (non-hydrogen) atoms. The van der Waals surface area contributed by atoms with Crippen LogP contribution < -0.4 is 0 Å². The third kappa shape index (κ3) is 10.4. The second-order valence-electron chi connectivity index (χ2n) is 3.81. The maximum absolute atomic E-state index is 5.23. The Morgan fingerprint density at radius 1 is 0.824 bits per heavy atom. The number of methoxy groups -OCH3 is 3. The quantitative estimate of drug-likeness (QED) is 0.342. The van der Waals surface area contributed by atoms with Crippen LogP contribution in [0.5, 0.6) is 0 Å². The number of ether oxygens (including phenoxy) is 3. The Hall–Kier alpha value is 0.823. The SMILES string of the molecule is COC(CCCCCCC[SiH3])(OC)OC.[Mg+2].[O-2]. The summed E-state index contributed by atoms with van der Waals surface area (Å²) in [7, 11) is 6.20. The minimum atomic E-state index is -0.822. The summed E-state index contributed by atoms with van der Waals surface area (Å²) in [5.41, 5.74) is 0. The monoisotopic (exact) mass is 274 g/mol. The van der Waals surface area contributed by atoms with Gasteiger partial charge in [0.1, 0.15) is 0 Å². The Labute approximate surface area is 125 Å². The predicted molar refractivity (Wildman–Crippen MR) is 72.6 cm³/mol. The number of hydrogen-bond acceptors (Lipinski definition) is 3. The minimum Gasteiger partial charge on any atom is -2.00 e. The molecule has 0 fully saturated rings. The van der Waals surface area contributed by atoms with E-state index in [1.54, 1.807) is 21.3 Å². The molecule has 0 amide bonds. The average Bonchev–Trinajstić information content (AvgIpc) is 2.29. The average molecular weight is 275 g/mol. The van der Waals surface area contributed by atoms with Gasteiger partial charge in [-0.3, -0.25) is 0 Å². The van der Waals surface area contributed by atoms with Gasteiger partial charge in [0.2, 0.25) is 0 Å². The van der Waals surface area contributed by atoms with E-state index in [1.807, 2.05) is 0 Å². The minimum absolute atomic E-state index is 0. The molecule has 0 rings (SSSR count). The van der Waals surface area contributed by atoms with Crippen LogP contribution in [-0.4, -0.2) is 60.6 Å². The van der Waals surface area contributed by atoms with E-state index in [9.17, 15) is 0 Å².